The molecule has 0 aromatic carbocycles. The van der Waals surface area contributed by atoms with Crippen LogP contribution >= 0.6 is 0 Å². The Morgan fingerprint density at radius 3 is 2.96 bits per heavy atom. The highest BCUT2D eigenvalue weighted by molar-refractivity contribution is 5.85. The van der Waals surface area contributed by atoms with E-state index in [4.69, 9.17) is 0 Å². The third-order valence-corrected chi connectivity index (χ3v) is 5.43. The van der Waals surface area contributed by atoms with E-state index in [0.717, 1.165) is 36.5 Å². The molecule has 0 spiro atoms. The maximum Gasteiger partial charge on any atom is 0.160 e. The van der Waals surface area contributed by atoms with Crippen molar-refractivity contribution < 1.29 is 0 Å². The molecule has 0 saturated carbocycles. The van der Waals surface area contributed by atoms with Gasteiger partial charge in [0.2, 0.25) is 0 Å². The molecule has 2 atom stereocenters. The van der Waals surface area contributed by atoms with Crippen molar-refractivity contribution in [2.24, 2.45) is 13.0 Å². The van der Waals surface area contributed by atoms with Crippen LogP contribution in [0.5, 0.6) is 0 Å². The molecular formula is C18H26N8. The third-order valence-electron chi connectivity index (χ3n) is 5.43. The number of H-pyrrole nitrogens is 1. The van der Waals surface area contributed by atoms with E-state index in [-0.39, 0.29) is 0 Å². The van der Waals surface area contributed by atoms with Gasteiger partial charge >= 0.3 is 0 Å². The van der Waals surface area contributed by atoms with Crippen LogP contribution in [-0.2, 0) is 7.05 Å². The molecule has 4 heterocycles. The Morgan fingerprint density at radius 2 is 2.19 bits per heavy atom. The maximum atomic E-state index is 4.51. The van der Waals surface area contributed by atoms with Crippen LogP contribution in [0.1, 0.15) is 31.4 Å². The van der Waals surface area contributed by atoms with E-state index in [1.165, 1.54) is 18.4 Å². The van der Waals surface area contributed by atoms with Gasteiger partial charge in [-0.1, -0.05) is 6.92 Å². The number of anilines is 1. The van der Waals surface area contributed by atoms with Crippen molar-refractivity contribution in [3.63, 3.8) is 0 Å². The van der Waals surface area contributed by atoms with E-state index < -0.39 is 0 Å². The molecular weight excluding hydrogens is 328 g/mol. The van der Waals surface area contributed by atoms with Gasteiger partial charge in [0.25, 0.3) is 0 Å². The summed E-state index contributed by atoms with van der Waals surface area (Å²) in [6.07, 6.45) is 10.0. The van der Waals surface area contributed by atoms with Crippen molar-refractivity contribution in [3.8, 4) is 0 Å². The van der Waals surface area contributed by atoms with Gasteiger partial charge in [-0.15, -0.1) is 0 Å². The van der Waals surface area contributed by atoms with Crippen molar-refractivity contribution in [2.75, 3.05) is 31.6 Å². The lowest BCUT2D eigenvalue weighted by atomic mass is 9.85. The summed E-state index contributed by atoms with van der Waals surface area (Å²) in [4.78, 5) is 13.6. The predicted molar refractivity (Wildman–Crippen MR) is 101 cm³/mol. The Hall–Kier alpha value is -2.48. The van der Waals surface area contributed by atoms with Crippen LogP contribution in [0.15, 0.2) is 24.9 Å². The smallest absolute Gasteiger partial charge is 0.160 e. The highest BCUT2D eigenvalue weighted by atomic mass is 15.3. The zero-order valence-electron chi connectivity index (χ0n) is 15.6. The van der Waals surface area contributed by atoms with Gasteiger partial charge in [-0.2, -0.15) is 10.2 Å². The summed E-state index contributed by atoms with van der Waals surface area (Å²) in [5, 5.41) is 12.4. The SMILES string of the molecule is CCN1CCC[C@@H](CN(C)c2ncnc3[nH]ncc23)[C@@H]1c1cnn(C)c1. The van der Waals surface area contributed by atoms with E-state index in [2.05, 4.69) is 55.2 Å². The van der Waals surface area contributed by atoms with Crippen LogP contribution in [0.4, 0.5) is 5.82 Å². The lowest BCUT2D eigenvalue weighted by molar-refractivity contribution is 0.101. The zero-order chi connectivity index (χ0) is 18.1. The van der Waals surface area contributed by atoms with Crippen molar-refractivity contribution in [3.05, 3.63) is 30.5 Å². The first-order chi connectivity index (χ1) is 12.7. The summed E-state index contributed by atoms with van der Waals surface area (Å²) in [5.74, 6) is 1.46. The molecule has 1 saturated heterocycles. The number of aromatic amines is 1. The van der Waals surface area contributed by atoms with E-state index in [1.807, 2.05) is 17.9 Å². The van der Waals surface area contributed by atoms with E-state index in [0.29, 0.717) is 12.0 Å². The van der Waals surface area contributed by atoms with Crippen LogP contribution in [0, 0.1) is 5.92 Å². The molecule has 1 N–H and O–H groups in total. The Balaban J connectivity index is 1.61. The fourth-order valence-corrected chi connectivity index (χ4v) is 4.27. The number of aryl methyl sites for hydroxylation is 1. The van der Waals surface area contributed by atoms with Gasteiger partial charge in [-0.05, 0) is 31.8 Å². The van der Waals surface area contributed by atoms with Crippen LogP contribution in [0.25, 0.3) is 11.0 Å². The van der Waals surface area contributed by atoms with Crippen molar-refractivity contribution >= 4 is 16.9 Å². The number of nitrogens with one attached hydrogen (secondary N) is 1. The van der Waals surface area contributed by atoms with Crippen molar-refractivity contribution in [1.29, 1.82) is 0 Å². The van der Waals surface area contributed by atoms with Gasteiger partial charge in [-0.25, -0.2) is 9.97 Å². The Kier molecular flexibility index (Phi) is 4.58. The Morgan fingerprint density at radius 1 is 1.31 bits per heavy atom. The average molecular weight is 354 g/mol. The number of piperidine rings is 1. The Labute approximate surface area is 153 Å². The molecule has 1 aliphatic heterocycles. The molecule has 26 heavy (non-hydrogen) atoms. The number of nitrogens with zero attached hydrogens (tertiary/aromatic N) is 7. The van der Waals surface area contributed by atoms with Crippen LogP contribution in [0.3, 0.4) is 0 Å². The Bertz CT molecular complexity index is 869. The number of rotatable bonds is 5. The summed E-state index contributed by atoms with van der Waals surface area (Å²) in [6, 6.07) is 0.395. The summed E-state index contributed by atoms with van der Waals surface area (Å²) in [7, 11) is 4.10. The third kappa shape index (κ3) is 3.05. The summed E-state index contributed by atoms with van der Waals surface area (Å²) >= 11 is 0. The number of hydrogen-bond donors (Lipinski definition) is 1. The molecule has 0 bridgehead atoms. The molecule has 0 amide bonds. The summed E-state index contributed by atoms with van der Waals surface area (Å²) in [5.41, 5.74) is 2.09. The van der Waals surface area contributed by atoms with E-state index in [9.17, 15) is 0 Å². The zero-order valence-corrected chi connectivity index (χ0v) is 15.6. The molecule has 0 aliphatic carbocycles. The lowest BCUT2D eigenvalue weighted by Gasteiger charge is -2.42. The van der Waals surface area contributed by atoms with E-state index in [1.54, 1.807) is 12.5 Å². The van der Waals surface area contributed by atoms with Gasteiger partial charge in [0.15, 0.2) is 5.65 Å². The van der Waals surface area contributed by atoms with Crippen LogP contribution in [-0.4, -0.2) is 61.5 Å². The molecule has 1 aliphatic rings. The highest BCUT2D eigenvalue weighted by Crippen LogP contribution is 2.37. The standard InChI is InChI=1S/C18H26N8/c1-4-26-7-5-6-13(16(26)14-8-22-25(3)11-14)10-24(2)18-15-9-21-23-17(15)19-12-20-18/h8-9,11-13,16H,4-7,10H2,1-3H3,(H,19,20,21,23)/t13-,16+/m0/s1. The second-order valence-electron chi connectivity index (χ2n) is 7.13. The van der Waals surface area contributed by atoms with Crippen molar-refractivity contribution in [1.82, 2.24) is 34.8 Å². The molecule has 0 radical (unpaired) electrons. The van der Waals surface area contributed by atoms with Crippen LogP contribution in [0.2, 0.25) is 0 Å². The summed E-state index contributed by atoms with van der Waals surface area (Å²) < 4.78 is 1.90. The first kappa shape index (κ1) is 17.0. The first-order valence-electron chi connectivity index (χ1n) is 9.25. The molecule has 3 aromatic rings. The molecule has 138 valence electrons. The van der Waals surface area contributed by atoms with Crippen molar-refractivity contribution in [2.45, 2.75) is 25.8 Å². The first-order valence-corrected chi connectivity index (χ1v) is 9.25. The second kappa shape index (κ2) is 7.03. The molecule has 0 unspecified atom stereocenters. The average Bonchev–Trinajstić information content (AvgIpc) is 3.29. The molecule has 1 fully saturated rings. The highest BCUT2D eigenvalue weighted by Gasteiger charge is 2.33. The largest absolute Gasteiger partial charge is 0.359 e. The summed E-state index contributed by atoms with van der Waals surface area (Å²) in [6.45, 7) is 5.39. The van der Waals surface area contributed by atoms with E-state index >= 15 is 0 Å². The molecule has 4 rings (SSSR count). The van der Waals surface area contributed by atoms with Gasteiger partial charge in [0.1, 0.15) is 12.1 Å². The maximum absolute atomic E-state index is 4.51. The predicted octanol–water partition coefficient (Wildman–Crippen LogP) is 2.00. The fraction of sp³-hybridized carbons (Fsp3) is 0.556. The normalized spacial score (nSPS) is 21.3. The van der Waals surface area contributed by atoms with Gasteiger partial charge in [0, 0.05) is 38.4 Å². The minimum atomic E-state index is 0.395. The fourth-order valence-electron chi connectivity index (χ4n) is 4.27. The molecule has 8 heteroatoms. The number of aromatic nitrogens is 6. The monoisotopic (exact) mass is 354 g/mol. The molecule has 3 aromatic heterocycles. The van der Waals surface area contributed by atoms with Gasteiger partial charge < -0.3 is 4.90 Å². The lowest BCUT2D eigenvalue weighted by Crippen LogP contribution is -2.43. The van der Waals surface area contributed by atoms with Gasteiger partial charge in [0.05, 0.1) is 17.8 Å². The second-order valence-corrected chi connectivity index (χ2v) is 7.13. The van der Waals surface area contributed by atoms with Crippen LogP contribution < -0.4 is 4.90 Å². The number of hydrogen-bond acceptors (Lipinski definition) is 6. The molecule has 8 nitrogen and oxygen atoms in total. The topological polar surface area (TPSA) is 78.8 Å². The quantitative estimate of drug-likeness (QED) is 0.755. The minimum absolute atomic E-state index is 0.395. The van der Waals surface area contributed by atoms with Gasteiger partial charge in [-0.3, -0.25) is 14.7 Å². The minimum Gasteiger partial charge on any atom is -0.359 e. The number of fused-ring (bicyclic) bond motifs is 1. The number of likely N-dealkylation sites (tertiary alicyclic amines) is 1.